The third-order valence-electron chi connectivity index (χ3n) is 3.01. The Balaban J connectivity index is 1.90. The van der Waals surface area contributed by atoms with Crippen LogP contribution >= 0.6 is 7.60 Å². The van der Waals surface area contributed by atoms with Crippen molar-refractivity contribution in [1.29, 1.82) is 0 Å². The average molecular weight is 300 g/mol. The Morgan fingerprint density at radius 2 is 2.10 bits per heavy atom. The highest BCUT2D eigenvalue weighted by atomic mass is 31.2. The number of fused-ring (bicyclic) bond motifs is 1. The second-order valence-corrected chi connectivity index (χ2v) is 6.54. The summed E-state index contributed by atoms with van der Waals surface area (Å²) in [6.07, 6.45) is 3.43. The van der Waals surface area contributed by atoms with E-state index in [0.29, 0.717) is 30.9 Å². The maximum absolute atomic E-state index is 11.7. The molecule has 0 fully saturated rings. The zero-order chi connectivity index (χ0) is 14.8. The number of aryl methyl sites for hydroxylation is 1. The molecule has 110 valence electrons. The minimum atomic E-state index is -3.90. The zero-order valence-electron chi connectivity index (χ0n) is 10.9. The molecule has 2 heterocycles. The van der Waals surface area contributed by atoms with E-state index >= 15 is 0 Å². The number of hydrogen-bond donors (Lipinski definition) is 3. The van der Waals surface area contributed by atoms with Gasteiger partial charge >= 0.3 is 7.60 Å². The lowest BCUT2D eigenvalue weighted by Gasteiger charge is -2.10. The summed E-state index contributed by atoms with van der Waals surface area (Å²) < 4.78 is 12.4. The third-order valence-corrected chi connectivity index (χ3v) is 3.91. The van der Waals surface area contributed by atoms with E-state index in [2.05, 4.69) is 9.98 Å². The Morgan fingerprint density at radius 3 is 2.80 bits per heavy atom. The molecule has 4 N–H and O–H groups in total. The molecule has 0 unspecified atom stereocenters. The molecule has 20 heavy (non-hydrogen) atoms. The number of imidazole rings is 1. The number of aliphatic imine (C=N–C) groups is 1. The molecule has 8 nitrogen and oxygen atoms in total. The number of unbranched alkanes of at least 4 members (excludes halogenated alkanes) is 2. The summed E-state index contributed by atoms with van der Waals surface area (Å²) >= 11 is 0. The molecule has 1 aliphatic heterocycles. The summed E-state index contributed by atoms with van der Waals surface area (Å²) in [4.78, 5) is 37.3. The maximum Gasteiger partial charge on any atom is 0.325 e. The van der Waals surface area contributed by atoms with Crippen LogP contribution in [-0.2, 0) is 11.1 Å². The second kappa shape index (κ2) is 5.87. The number of amidine groups is 1. The molecule has 1 aromatic heterocycles. The fourth-order valence-corrected chi connectivity index (χ4v) is 2.69. The van der Waals surface area contributed by atoms with Crippen LogP contribution in [0.25, 0.3) is 0 Å². The molecule has 9 heteroatoms. The number of aromatic nitrogens is 2. The SMILES string of the molecule is NC1=Nc2c(ncn2CCCCCP(=O)(O)O)C(=O)C1. The molecule has 0 spiro atoms. The number of Topliss-reactive ketones (excluding diaryl/α,β-unsaturated/α-hetero) is 1. The lowest BCUT2D eigenvalue weighted by atomic mass is 10.1. The number of rotatable bonds is 6. The highest BCUT2D eigenvalue weighted by Gasteiger charge is 2.23. The maximum atomic E-state index is 11.7. The van der Waals surface area contributed by atoms with Gasteiger partial charge in [0.1, 0.15) is 5.84 Å². The van der Waals surface area contributed by atoms with E-state index in [4.69, 9.17) is 15.5 Å². The summed E-state index contributed by atoms with van der Waals surface area (Å²) in [5, 5.41) is 0. The summed E-state index contributed by atoms with van der Waals surface area (Å²) in [6.45, 7) is 0.591. The fraction of sp³-hybridized carbons (Fsp3) is 0.545. The van der Waals surface area contributed by atoms with Gasteiger partial charge in [0.25, 0.3) is 0 Å². The highest BCUT2D eigenvalue weighted by molar-refractivity contribution is 7.51. The molecule has 0 amide bonds. The minimum absolute atomic E-state index is 0.0986. The van der Waals surface area contributed by atoms with Crippen molar-refractivity contribution in [1.82, 2.24) is 9.55 Å². The average Bonchev–Trinajstić information content (AvgIpc) is 2.70. The predicted octanol–water partition coefficient (Wildman–Crippen LogP) is 0.806. The Morgan fingerprint density at radius 1 is 1.35 bits per heavy atom. The van der Waals surface area contributed by atoms with Gasteiger partial charge in [-0.15, -0.1) is 0 Å². The Bertz CT molecular complexity index is 589. The van der Waals surface area contributed by atoms with Crippen LogP contribution in [0.4, 0.5) is 5.82 Å². The number of ketones is 1. The molecule has 1 aromatic rings. The van der Waals surface area contributed by atoms with Crippen LogP contribution in [0.15, 0.2) is 11.3 Å². The first kappa shape index (κ1) is 14.9. The summed E-state index contributed by atoms with van der Waals surface area (Å²) in [5.41, 5.74) is 5.94. The van der Waals surface area contributed by atoms with Crippen LogP contribution in [0.5, 0.6) is 0 Å². The molecule has 2 rings (SSSR count). The van der Waals surface area contributed by atoms with Crippen molar-refractivity contribution in [3.05, 3.63) is 12.0 Å². The standard InChI is InChI=1S/C11H17N4O4P/c12-9-6-8(16)10-11(14-9)15(7-13-10)4-2-1-3-5-20(17,18)19/h7H,1-6H2,(H2,12,14)(H2,17,18,19). The predicted molar refractivity (Wildman–Crippen MR) is 73.2 cm³/mol. The van der Waals surface area contributed by atoms with E-state index in [9.17, 15) is 9.36 Å². The van der Waals surface area contributed by atoms with E-state index < -0.39 is 7.60 Å². The number of nitrogens with zero attached hydrogens (tertiary/aromatic N) is 3. The summed E-state index contributed by atoms with van der Waals surface area (Å²) in [5.74, 6) is 0.632. The quantitative estimate of drug-likeness (QED) is 0.526. The van der Waals surface area contributed by atoms with Crippen LogP contribution in [0.3, 0.4) is 0 Å². The summed E-state index contributed by atoms with van der Waals surface area (Å²) in [7, 11) is -3.90. The molecule has 0 saturated heterocycles. The fourth-order valence-electron chi connectivity index (χ4n) is 2.05. The summed E-state index contributed by atoms with van der Waals surface area (Å²) in [6, 6.07) is 0. The number of carbonyl (C=O) groups excluding carboxylic acids is 1. The van der Waals surface area contributed by atoms with Crippen molar-refractivity contribution >= 4 is 25.0 Å². The van der Waals surface area contributed by atoms with E-state index in [1.165, 1.54) is 0 Å². The zero-order valence-corrected chi connectivity index (χ0v) is 11.8. The first-order valence-electron chi connectivity index (χ1n) is 6.33. The van der Waals surface area contributed by atoms with Gasteiger partial charge in [0, 0.05) is 12.7 Å². The molecule has 1 aliphatic rings. The minimum Gasteiger partial charge on any atom is -0.387 e. The topological polar surface area (TPSA) is 131 Å². The van der Waals surface area contributed by atoms with E-state index in [1.807, 2.05) is 0 Å². The van der Waals surface area contributed by atoms with Crippen LogP contribution in [0.1, 0.15) is 36.2 Å². The van der Waals surface area contributed by atoms with Crippen molar-refractivity contribution in [3.8, 4) is 0 Å². The Labute approximate surface area is 115 Å². The van der Waals surface area contributed by atoms with Gasteiger partial charge in [-0.2, -0.15) is 0 Å². The largest absolute Gasteiger partial charge is 0.387 e. The van der Waals surface area contributed by atoms with Crippen molar-refractivity contribution in [2.24, 2.45) is 10.7 Å². The molecule has 0 aromatic carbocycles. The Kier molecular flexibility index (Phi) is 4.37. The molecule has 0 bridgehead atoms. The van der Waals surface area contributed by atoms with Gasteiger partial charge in [0.15, 0.2) is 17.3 Å². The first-order valence-corrected chi connectivity index (χ1v) is 8.12. The number of hydrogen-bond acceptors (Lipinski definition) is 5. The third kappa shape index (κ3) is 3.75. The van der Waals surface area contributed by atoms with Gasteiger partial charge < -0.3 is 20.1 Å². The number of carbonyl (C=O) groups is 1. The van der Waals surface area contributed by atoms with Gasteiger partial charge in [0.2, 0.25) is 0 Å². The van der Waals surface area contributed by atoms with Crippen molar-refractivity contribution in [2.45, 2.75) is 32.2 Å². The lowest BCUT2D eigenvalue weighted by Crippen LogP contribution is -2.21. The van der Waals surface area contributed by atoms with Gasteiger partial charge in [-0.3, -0.25) is 9.36 Å². The highest BCUT2D eigenvalue weighted by Crippen LogP contribution is 2.35. The van der Waals surface area contributed by atoms with Gasteiger partial charge in [0.05, 0.1) is 12.7 Å². The van der Waals surface area contributed by atoms with Crippen LogP contribution in [0, 0.1) is 0 Å². The van der Waals surface area contributed by atoms with Crippen LogP contribution < -0.4 is 5.73 Å². The van der Waals surface area contributed by atoms with Gasteiger partial charge in [-0.1, -0.05) is 6.42 Å². The molecule has 0 radical (unpaired) electrons. The van der Waals surface area contributed by atoms with E-state index in [-0.39, 0.29) is 24.2 Å². The van der Waals surface area contributed by atoms with Crippen LogP contribution in [0.2, 0.25) is 0 Å². The van der Waals surface area contributed by atoms with Crippen LogP contribution in [-0.4, -0.2) is 37.1 Å². The monoisotopic (exact) mass is 300 g/mol. The second-order valence-electron chi connectivity index (χ2n) is 4.76. The molecular weight excluding hydrogens is 283 g/mol. The van der Waals surface area contributed by atoms with Crippen molar-refractivity contribution in [2.75, 3.05) is 6.16 Å². The van der Waals surface area contributed by atoms with Gasteiger partial charge in [-0.05, 0) is 12.8 Å². The number of nitrogens with two attached hydrogens (primary N) is 1. The first-order chi connectivity index (χ1) is 9.37. The van der Waals surface area contributed by atoms with E-state index in [1.54, 1.807) is 10.9 Å². The van der Waals surface area contributed by atoms with Gasteiger partial charge in [-0.25, -0.2) is 9.98 Å². The Hall–Kier alpha value is -1.50. The van der Waals surface area contributed by atoms with E-state index in [0.717, 1.165) is 6.42 Å². The molecular formula is C11H17N4O4P. The van der Waals surface area contributed by atoms with Crippen molar-refractivity contribution < 1.29 is 19.1 Å². The molecule has 0 saturated carbocycles. The smallest absolute Gasteiger partial charge is 0.325 e. The normalized spacial score (nSPS) is 15.1. The van der Waals surface area contributed by atoms with Crippen molar-refractivity contribution in [3.63, 3.8) is 0 Å². The lowest BCUT2D eigenvalue weighted by molar-refractivity contribution is 0.0995. The molecule has 0 aliphatic carbocycles. The molecule has 0 atom stereocenters.